The zero-order chi connectivity index (χ0) is 20.9. The fourth-order valence-electron chi connectivity index (χ4n) is 4.05. The van der Waals surface area contributed by atoms with E-state index in [0.717, 1.165) is 60.6 Å². The average molecular weight is 401 g/mol. The first-order valence-corrected chi connectivity index (χ1v) is 10.8. The molecule has 1 atom stereocenters. The average Bonchev–Trinajstić information content (AvgIpc) is 2.84. The van der Waals surface area contributed by atoms with Gasteiger partial charge in [0.2, 0.25) is 5.91 Å². The molecule has 30 heavy (non-hydrogen) atoms. The molecule has 0 radical (unpaired) electrons. The number of amides is 1. The molecule has 2 aromatic heterocycles. The standard InChI is InChI=1S/C25H28N4O/c1-3-18(2)25(30)29-15-11-20(12-16-29)23-22(19-9-13-26-14-10-19)17-27-24(28-23)21-7-5-4-6-8-21/h4-10,13-14,17-18,20H,3,11-12,15-16H2,1-2H3. The summed E-state index contributed by atoms with van der Waals surface area (Å²) in [7, 11) is 0. The van der Waals surface area contributed by atoms with Crippen molar-refractivity contribution in [3.63, 3.8) is 0 Å². The van der Waals surface area contributed by atoms with Crippen molar-refractivity contribution in [2.45, 2.75) is 39.0 Å². The maximum Gasteiger partial charge on any atom is 0.225 e. The number of nitrogens with zero attached hydrogens (tertiary/aromatic N) is 4. The molecule has 1 saturated heterocycles. The van der Waals surface area contributed by atoms with Gasteiger partial charge in [-0.1, -0.05) is 44.2 Å². The normalized spacial score (nSPS) is 15.7. The molecule has 5 heteroatoms. The van der Waals surface area contributed by atoms with Gasteiger partial charge in [0.1, 0.15) is 0 Å². The van der Waals surface area contributed by atoms with Gasteiger partial charge in [0.25, 0.3) is 0 Å². The summed E-state index contributed by atoms with van der Waals surface area (Å²) >= 11 is 0. The molecule has 5 nitrogen and oxygen atoms in total. The van der Waals surface area contributed by atoms with Gasteiger partial charge in [-0.2, -0.15) is 0 Å². The van der Waals surface area contributed by atoms with E-state index in [1.165, 1.54) is 0 Å². The molecule has 4 rings (SSSR count). The highest BCUT2D eigenvalue weighted by Gasteiger charge is 2.28. The molecular weight excluding hydrogens is 372 g/mol. The quantitative estimate of drug-likeness (QED) is 0.607. The summed E-state index contributed by atoms with van der Waals surface area (Å²) in [6.07, 6.45) is 8.28. The van der Waals surface area contributed by atoms with Crippen LogP contribution in [0.1, 0.15) is 44.7 Å². The van der Waals surface area contributed by atoms with Gasteiger partial charge in [0.15, 0.2) is 5.82 Å². The van der Waals surface area contributed by atoms with Gasteiger partial charge in [0, 0.05) is 54.6 Å². The Morgan fingerprint density at radius 1 is 1.07 bits per heavy atom. The molecule has 154 valence electrons. The van der Waals surface area contributed by atoms with Crippen LogP contribution in [0.15, 0.2) is 61.1 Å². The highest BCUT2D eigenvalue weighted by Crippen LogP contribution is 2.35. The minimum absolute atomic E-state index is 0.0951. The van der Waals surface area contributed by atoms with Gasteiger partial charge in [0.05, 0.1) is 5.69 Å². The highest BCUT2D eigenvalue weighted by atomic mass is 16.2. The number of piperidine rings is 1. The molecule has 1 unspecified atom stereocenters. The van der Waals surface area contributed by atoms with E-state index >= 15 is 0 Å². The molecule has 1 amide bonds. The third-order valence-electron chi connectivity index (χ3n) is 6.07. The van der Waals surface area contributed by atoms with Gasteiger partial charge in [-0.05, 0) is 37.0 Å². The summed E-state index contributed by atoms with van der Waals surface area (Å²) in [5, 5.41) is 0. The lowest BCUT2D eigenvalue weighted by atomic mass is 9.88. The summed E-state index contributed by atoms with van der Waals surface area (Å²) in [5.41, 5.74) is 4.23. The van der Waals surface area contributed by atoms with Crippen LogP contribution in [-0.4, -0.2) is 38.8 Å². The Kier molecular flexibility index (Phi) is 6.17. The second-order valence-electron chi connectivity index (χ2n) is 8.00. The van der Waals surface area contributed by atoms with E-state index in [-0.39, 0.29) is 11.8 Å². The summed E-state index contributed by atoms with van der Waals surface area (Å²) in [5.74, 6) is 1.43. The molecule has 0 bridgehead atoms. The maximum absolute atomic E-state index is 12.6. The van der Waals surface area contributed by atoms with E-state index in [1.54, 1.807) is 12.4 Å². The van der Waals surface area contributed by atoms with Crippen molar-refractivity contribution in [1.82, 2.24) is 19.9 Å². The van der Waals surface area contributed by atoms with Gasteiger partial charge >= 0.3 is 0 Å². The van der Waals surface area contributed by atoms with E-state index in [9.17, 15) is 4.79 Å². The number of hydrogen-bond acceptors (Lipinski definition) is 4. The van der Waals surface area contributed by atoms with Crippen molar-refractivity contribution in [1.29, 1.82) is 0 Å². The number of pyridine rings is 1. The molecule has 1 aliphatic rings. The summed E-state index contributed by atoms with van der Waals surface area (Å²) in [6, 6.07) is 14.1. The van der Waals surface area contributed by atoms with Crippen LogP contribution >= 0.6 is 0 Å². The Bertz CT molecular complexity index is 983. The highest BCUT2D eigenvalue weighted by molar-refractivity contribution is 5.78. The van der Waals surface area contributed by atoms with Gasteiger partial charge < -0.3 is 4.90 Å². The number of benzene rings is 1. The van der Waals surface area contributed by atoms with Crippen LogP contribution in [0.25, 0.3) is 22.5 Å². The van der Waals surface area contributed by atoms with Crippen LogP contribution in [0, 0.1) is 5.92 Å². The van der Waals surface area contributed by atoms with E-state index in [4.69, 9.17) is 4.98 Å². The Morgan fingerprint density at radius 3 is 2.43 bits per heavy atom. The Hall–Kier alpha value is -3.08. The van der Waals surface area contributed by atoms with Crippen LogP contribution in [0.3, 0.4) is 0 Å². The zero-order valence-electron chi connectivity index (χ0n) is 17.7. The lowest BCUT2D eigenvalue weighted by Crippen LogP contribution is -2.40. The van der Waals surface area contributed by atoms with Crippen molar-refractivity contribution in [3.05, 3.63) is 66.7 Å². The van der Waals surface area contributed by atoms with Crippen molar-refractivity contribution in [2.75, 3.05) is 13.1 Å². The summed E-state index contributed by atoms with van der Waals surface area (Å²) < 4.78 is 0. The minimum Gasteiger partial charge on any atom is -0.342 e. The number of rotatable bonds is 5. The summed E-state index contributed by atoms with van der Waals surface area (Å²) in [6.45, 7) is 5.66. The number of likely N-dealkylation sites (tertiary alicyclic amines) is 1. The van der Waals surface area contributed by atoms with Crippen molar-refractivity contribution in [3.8, 4) is 22.5 Å². The Morgan fingerprint density at radius 2 is 1.77 bits per heavy atom. The van der Waals surface area contributed by atoms with Gasteiger partial charge in [-0.25, -0.2) is 9.97 Å². The number of hydrogen-bond donors (Lipinski definition) is 0. The van der Waals surface area contributed by atoms with Gasteiger partial charge in [-0.15, -0.1) is 0 Å². The molecule has 1 aliphatic heterocycles. The zero-order valence-corrected chi connectivity index (χ0v) is 17.7. The topological polar surface area (TPSA) is 59.0 Å². The molecule has 0 spiro atoms. The van der Waals surface area contributed by atoms with Crippen molar-refractivity contribution >= 4 is 5.91 Å². The van der Waals surface area contributed by atoms with Crippen molar-refractivity contribution < 1.29 is 4.79 Å². The second kappa shape index (κ2) is 9.16. The predicted molar refractivity (Wildman–Crippen MR) is 119 cm³/mol. The van der Waals surface area contributed by atoms with Crippen LogP contribution in [-0.2, 0) is 4.79 Å². The Labute approximate surface area is 178 Å². The van der Waals surface area contributed by atoms with E-state index in [0.29, 0.717) is 5.92 Å². The molecule has 1 fully saturated rings. The molecule has 0 aliphatic carbocycles. The maximum atomic E-state index is 12.6. The number of aromatic nitrogens is 3. The Balaban J connectivity index is 1.65. The monoisotopic (exact) mass is 400 g/mol. The lowest BCUT2D eigenvalue weighted by molar-refractivity contribution is -0.136. The first-order valence-electron chi connectivity index (χ1n) is 10.8. The number of carbonyl (C=O) groups excluding carboxylic acids is 1. The summed E-state index contributed by atoms with van der Waals surface area (Å²) in [4.78, 5) is 28.5. The first-order chi connectivity index (χ1) is 14.7. The van der Waals surface area contributed by atoms with E-state index in [1.807, 2.05) is 60.5 Å². The number of carbonyl (C=O) groups is 1. The lowest BCUT2D eigenvalue weighted by Gasteiger charge is -2.34. The third-order valence-corrected chi connectivity index (χ3v) is 6.07. The van der Waals surface area contributed by atoms with Crippen LogP contribution in [0.5, 0.6) is 0 Å². The predicted octanol–water partition coefficient (Wildman–Crippen LogP) is 4.96. The third kappa shape index (κ3) is 4.25. The van der Waals surface area contributed by atoms with Crippen molar-refractivity contribution in [2.24, 2.45) is 5.92 Å². The smallest absolute Gasteiger partial charge is 0.225 e. The van der Waals surface area contributed by atoms with Crippen LogP contribution in [0.4, 0.5) is 0 Å². The molecule has 0 saturated carbocycles. The van der Waals surface area contributed by atoms with Gasteiger partial charge in [-0.3, -0.25) is 9.78 Å². The molecule has 3 aromatic rings. The molecule has 1 aromatic carbocycles. The van der Waals surface area contributed by atoms with E-state index in [2.05, 4.69) is 16.9 Å². The molecule has 3 heterocycles. The largest absolute Gasteiger partial charge is 0.342 e. The van der Waals surface area contributed by atoms with Crippen LogP contribution in [0.2, 0.25) is 0 Å². The molecule has 0 N–H and O–H groups in total. The first kappa shape index (κ1) is 20.2. The fourth-order valence-corrected chi connectivity index (χ4v) is 4.05. The fraction of sp³-hybridized carbons (Fsp3) is 0.360. The van der Waals surface area contributed by atoms with E-state index < -0.39 is 0 Å². The SMILES string of the molecule is CCC(C)C(=O)N1CCC(c2nc(-c3ccccc3)ncc2-c2ccncc2)CC1. The van der Waals surface area contributed by atoms with Crippen LogP contribution < -0.4 is 0 Å². The molecular formula is C25H28N4O. The minimum atomic E-state index is 0.0951. The second-order valence-corrected chi connectivity index (χ2v) is 8.00.